The molecule has 2 amide bonds. The summed E-state index contributed by atoms with van der Waals surface area (Å²) in [6, 6.07) is 4.07. The highest BCUT2D eigenvalue weighted by Gasteiger charge is 2.27. The lowest BCUT2D eigenvalue weighted by molar-refractivity contribution is -0.139. The molecule has 0 saturated carbocycles. The first-order valence-electron chi connectivity index (χ1n) is 8.74. The van der Waals surface area contributed by atoms with E-state index < -0.39 is 0 Å². The van der Waals surface area contributed by atoms with Gasteiger partial charge in [-0.25, -0.2) is 0 Å². The number of aromatic nitrogens is 1. The normalized spacial score (nSPS) is 21.1. The Hall–Kier alpha value is -1.95. The van der Waals surface area contributed by atoms with Gasteiger partial charge in [-0.1, -0.05) is 0 Å². The van der Waals surface area contributed by atoms with Crippen LogP contribution in [0, 0.1) is 5.92 Å². The molecule has 2 fully saturated rings. The fraction of sp³-hybridized carbons (Fsp3) is 0.611. The van der Waals surface area contributed by atoms with E-state index in [4.69, 9.17) is 4.74 Å². The molecule has 2 aliphatic heterocycles. The van der Waals surface area contributed by atoms with Crippen LogP contribution >= 0.6 is 0 Å². The van der Waals surface area contributed by atoms with Gasteiger partial charge in [0.2, 0.25) is 11.8 Å². The third-order valence-corrected chi connectivity index (χ3v) is 4.83. The quantitative estimate of drug-likeness (QED) is 0.811. The van der Waals surface area contributed by atoms with E-state index in [0.717, 1.165) is 25.9 Å². The number of morpholine rings is 1. The van der Waals surface area contributed by atoms with Gasteiger partial charge < -0.3 is 14.5 Å². The maximum Gasteiger partial charge on any atom is 0.223 e. The molecule has 1 atom stereocenters. The van der Waals surface area contributed by atoms with E-state index >= 15 is 0 Å². The Morgan fingerprint density at radius 2 is 1.71 bits per heavy atom. The highest BCUT2D eigenvalue weighted by Crippen LogP contribution is 2.21. The van der Waals surface area contributed by atoms with Crippen LogP contribution in [0.25, 0.3) is 0 Å². The number of likely N-dealkylation sites (tertiary alicyclic amines) is 1. The summed E-state index contributed by atoms with van der Waals surface area (Å²) in [5, 5.41) is 0. The Morgan fingerprint density at radius 3 is 2.42 bits per heavy atom. The van der Waals surface area contributed by atoms with Crippen molar-refractivity contribution in [3.63, 3.8) is 0 Å². The van der Waals surface area contributed by atoms with E-state index in [-0.39, 0.29) is 11.8 Å². The number of carbonyl (C=O) groups excluding carboxylic acids is 2. The lowest BCUT2D eigenvalue weighted by Gasteiger charge is -2.27. The minimum absolute atomic E-state index is 0.0687. The molecule has 0 spiro atoms. The van der Waals surface area contributed by atoms with Crippen LogP contribution in [0.5, 0.6) is 0 Å². The first-order valence-corrected chi connectivity index (χ1v) is 8.74. The SMILES string of the molecule is O=C(CCC(=O)N1CC[C@H](Cc2ccncc2)C1)N1CCOCC1. The van der Waals surface area contributed by atoms with Crippen molar-refractivity contribution < 1.29 is 14.3 Å². The summed E-state index contributed by atoms with van der Waals surface area (Å²) in [5.41, 5.74) is 1.27. The highest BCUT2D eigenvalue weighted by molar-refractivity contribution is 5.84. The predicted octanol–water partition coefficient (Wildman–Crippen LogP) is 1.11. The van der Waals surface area contributed by atoms with E-state index in [1.165, 1.54) is 5.56 Å². The maximum atomic E-state index is 12.4. The van der Waals surface area contributed by atoms with Crippen LogP contribution in [0.3, 0.4) is 0 Å². The molecule has 6 heteroatoms. The van der Waals surface area contributed by atoms with Crippen LogP contribution in [0.2, 0.25) is 0 Å². The average Bonchev–Trinajstić information content (AvgIpc) is 3.09. The van der Waals surface area contributed by atoms with Gasteiger partial charge in [0, 0.05) is 51.4 Å². The van der Waals surface area contributed by atoms with Crippen LogP contribution in [-0.2, 0) is 20.7 Å². The number of pyridine rings is 1. The molecule has 130 valence electrons. The molecule has 3 heterocycles. The van der Waals surface area contributed by atoms with Gasteiger partial charge in [-0.3, -0.25) is 14.6 Å². The van der Waals surface area contributed by atoms with E-state index in [9.17, 15) is 9.59 Å². The average molecular weight is 331 g/mol. The van der Waals surface area contributed by atoms with Crippen molar-refractivity contribution >= 4 is 11.8 Å². The number of rotatable bonds is 5. The van der Waals surface area contributed by atoms with E-state index in [1.807, 2.05) is 29.4 Å². The molecule has 1 aromatic heterocycles. The lowest BCUT2D eigenvalue weighted by Crippen LogP contribution is -2.41. The molecule has 0 radical (unpaired) electrons. The monoisotopic (exact) mass is 331 g/mol. The zero-order valence-electron chi connectivity index (χ0n) is 14.0. The molecule has 0 bridgehead atoms. The standard InChI is InChI=1S/C18H25N3O3/c22-17(20-9-11-24-12-10-20)1-2-18(23)21-8-5-16(14-21)13-15-3-6-19-7-4-15/h3-4,6-7,16H,1-2,5,8-14H2/t16-/m1/s1. The third-order valence-electron chi connectivity index (χ3n) is 4.83. The van der Waals surface area contributed by atoms with Crippen molar-refractivity contribution in [2.45, 2.75) is 25.7 Å². The summed E-state index contributed by atoms with van der Waals surface area (Å²) in [5.74, 6) is 0.680. The largest absolute Gasteiger partial charge is 0.378 e. The number of hydrogen-bond donors (Lipinski definition) is 0. The number of amides is 2. The zero-order chi connectivity index (χ0) is 16.8. The molecule has 6 nitrogen and oxygen atoms in total. The van der Waals surface area contributed by atoms with Gasteiger partial charge in [-0.05, 0) is 36.5 Å². The van der Waals surface area contributed by atoms with Crippen molar-refractivity contribution in [2.24, 2.45) is 5.92 Å². The van der Waals surface area contributed by atoms with Crippen molar-refractivity contribution in [3.8, 4) is 0 Å². The summed E-state index contributed by atoms with van der Waals surface area (Å²) in [6.45, 7) is 4.09. The Kier molecular flexibility index (Phi) is 5.80. The van der Waals surface area contributed by atoms with Gasteiger partial charge in [0.1, 0.15) is 0 Å². The number of ether oxygens (including phenoxy) is 1. The first kappa shape index (κ1) is 16.9. The Morgan fingerprint density at radius 1 is 1.04 bits per heavy atom. The molecular formula is C18H25N3O3. The highest BCUT2D eigenvalue weighted by atomic mass is 16.5. The van der Waals surface area contributed by atoms with Gasteiger partial charge in [-0.15, -0.1) is 0 Å². The summed E-state index contributed by atoms with van der Waals surface area (Å²) >= 11 is 0. The number of nitrogens with zero attached hydrogens (tertiary/aromatic N) is 3. The van der Waals surface area contributed by atoms with Crippen molar-refractivity contribution in [2.75, 3.05) is 39.4 Å². The second-order valence-electron chi connectivity index (χ2n) is 6.55. The minimum atomic E-state index is 0.0687. The van der Waals surface area contributed by atoms with E-state index in [0.29, 0.717) is 45.1 Å². The molecule has 0 aromatic carbocycles. The zero-order valence-corrected chi connectivity index (χ0v) is 14.0. The Balaban J connectivity index is 1.40. The maximum absolute atomic E-state index is 12.4. The molecule has 1 aromatic rings. The molecule has 24 heavy (non-hydrogen) atoms. The van der Waals surface area contributed by atoms with Crippen LogP contribution in [0.15, 0.2) is 24.5 Å². The molecule has 0 N–H and O–H groups in total. The third kappa shape index (κ3) is 4.54. The fourth-order valence-corrected chi connectivity index (χ4v) is 3.42. The lowest BCUT2D eigenvalue weighted by atomic mass is 10.00. The molecule has 2 aliphatic rings. The summed E-state index contributed by atoms with van der Waals surface area (Å²) < 4.78 is 5.24. The fourth-order valence-electron chi connectivity index (χ4n) is 3.42. The minimum Gasteiger partial charge on any atom is -0.378 e. The van der Waals surface area contributed by atoms with E-state index in [2.05, 4.69) is 4.98 Å². The van der Waals surface area contributed by atoms with E-state index in [1.54, 1.807) is 4.90 Å². The predicted molar refractivity (Wildman–Crippen MR) is 89.3 cm³/mol. The number of hydrogen-bond acceptors (Lipinski definition) is 4. The molecular weight excluding hydrogens is 306 g/mol. The summed E-state index contributed by atoms with van der Waals surface area (Å²) in [7, 11) is 0. The van der Waals surface area contributed by atoms with Gasteiger partial charge in [0.05, 0.1) is 13.2 Å². The topological polar surface area (TPSA) is 62.7 Å². The Labute approximate surface area is 142 Å². The van der Waals surface area contributed by atoms with Gasteiger partial charge >= 0.3 is 0 Å². The van der Waals surface area contributed by atoms with Crippen LogP contribution < -0.4 is 0 Å². The molecule has 2 saturated heterocycles. The van der Waals surface area contributed by atoms with Gasteiger partial charge in [0.15, 0.2) is 0 Å². The van der Waals surface area contributed by atoms with Crippen LogP contribution in [0.4, 0.5) is 0 Å². The van der Waals surface area contributed by atoms with Crippen molar-refractivity contribution in [1.82, 2.24) is 14.8 Å². The smallest absolute Gasteiger partial charge is 0.223 e. The van der Waals surface area contributed by atoms with Crippen molar-refractivity contribution in [1.29, 1.82) is 0 Å². The van der Waals surface area contributed by atoms with Gasteiger partial charge in [-0.2, -0.15) is 0 Å². The second-order valence-corrected chi connectivity index (χ2v) is 6.55. The molecule has 0 unspecified atom stereocenters. The van der Waals surface area contributed by atoms with Crippen LogP contribution in [-0.4, -0.2) is 66.0 Å². The molecule has 3 rings (SSSR count). The Bertz CT molecular complexity index is 558. The van der Waals surface area contributed by atoms with Crippen molar-refractivity contribution in [3.05, 3.63) is 30.1 Å². The van der Waals surface area contributed by atoms with Crippen LogP contribution in [0.1, 0.15) is 24.8 Å². The number of carbonyl (C=O) groups is 2. The first-order chi connectivity index (χ1) is 11.7. The molecule has 0 aliphatic carbocycles. The summed E-state index contributed by atoms with van der Waals surface area (Å²) in [4.78, 5) is 32.2. The summed E-state index contributed by atoms with van der Waals surface area (Å²) in [6.07, 6.45) is 6.27. The second kappa shape index (κ2) is 8.24. The van der Waals surface area contributed by atoms with Gasteiger partial charge in [0.25, 0.3) is 0 Å².